The van der Waals surface area contributed by atoms with Gasteiger partial charge in [0.05, 0.1) is 0 Å². The minimum atomic E-state index is 0.561. The van der Waals surface area contributed by atoms with Crippen molar-refractivity contribution in [2.45, 2.75) is 51.0 Å². The second-order valence-electron chi connectivity index (χ2n) is 4.31. The summed E-state index contributed by atoms with van der Waals surface area (Å²) in [5.74, 6) is 1.79. The third-order valence-electron chi connectivity index (χ3n) is 3.64. The van der Waals surface area contributed by atoms with Crippen LogP contribution in [0, 0.1) is 11.8 Å². The molecule has 2 aliphatic carbocycles. The Morgan fingerprint density at radius 3 is 1.64 bits per heavy atom. The second kappa shape index (κ2) is 3.14. The Kier molecular flexibility index (Phi) is 2.17. The highest BCUT2D eigenvalue weighted by Crippen LogP contribution is 2.37. The third kappa shape index (κ3) is 1.44. The van der Waals surface area contributed by atoms with Gasteiger partial charge in [-0.3, -0.25) is 0 Å². The summed E-state index contributed by atoms with van der Waals surface area (Å²) >= 11 is 0. The fraction of sp³-hybridized carbons (Fsp3) is 1.00. The van der Waals surface area contributed by atoms with Crippen LogP contribution < -0.4 is 5.73 Å². The number of rotatable bonds is 2. The van der Waals surface area contributed by atoms with Crippen molar-refractivity contribution < 1.29 is 0 Å². The molecule has 0 saturated heterocycles. The van der Waals surface area contributed by atoms with Crippen molar-refractivity contribution in [1.82, 2.24) is 0 Å². The molecule has 0 aromatic rings. The first kappa shape index (κ1) is 7.60. The maximum atomic E-state index is 6.18. The smallest absolute Gasteiger partial charge is 0.00956 e. The molecule has 64 valence electrons. The van der Waals surface area contributed by atoms with Gasteiger partial charge in [-0.1, -0.05) is 19.3 Å². The van der Waals surface area contributed by atoms with Crippen LogP contribution in [0.15, 0.2) is 0 Å². The fourth-order valence-corrected chi connectivity index (χ4v) is 2.55. The van der Waals surface area contributed by atoms with E-state index in [0.717, 1.165) is 11.8 Å². The zero-order valence-electron chi connectivity index (χ0n) is 7.26. The molecule has 11 heavy (non-hydrogen) atoms. The standard InChI is InChI=1S/C10H19N/c11-10(9-6-3-7-9)8-4-1-2-5-8/h8-10H,1-7,11H2/t10-/m0/s1. The summed E-state index contributed by atoms with van der Waals surface area (Å²) in [6, 6.07) is 0.561. The molecular formula is C10H19N. The first-order valence-electron chi connectivity index (χ1n) is 5.13. The van der Waals surface area contributed by atoms with Gasteiger partial charge in [0, 0.05) is 6.04 Å². The predicted molar refractivity (Wildman–Crippen MR) is 47.3 cm³/mol. The van der Waals surface area contributed by atoms with Crippen molar-refractivity contribution in [3.8, 4) is 0 Å². The van der Waals surface area contributed by atoms with E-state index in [-0.39, 0.29) is 0 Å². The Hall–Kier alpha value is -0.0400. The highest BCUT2D eigenvalue weighted by Gasteiger charge is 2.31. The van der Waals surface area contributed by atoms with Gasteiger partial charge in [-0.05, 0) is 37.5 Å². The number of hydrogen-bond acceptors (Lipinski definition) is 1. The molecule has 0 heterocycles. The molecule has 0 bridgehead atoms. The molecule has 2 N–H and O–H groups in total. The molecule has 2 fully saturated rings. The molecule has 0 aliphatic heterocycles. The Morgan fingerprint density at radius 2 is 1.27 bits per heavy atom. The Morgan fingerprint density at radius 1 is 0.818 bits per heavy atom. The average molecular weight is 153 g/mol. The van der Waals surface area contributed by atoms with Gasteiger partial charge < -0.3 is 5.73 Å². The quantitative estimate of drug-likeness (QED) is 0.647. The van der Waals surface area contributed by atoms with Crippen molar-refractivity contribution in [2.75, 3.05) is 0 Å². The molecule has 0 spiro atoms. The van der Waals surface area contributed by atoms with Crippen LogP contribution in [0.4, 0.5) is 0 Å². The maximum Gasteiger partial charge on any atom is 0.00956 e. The number of hydrogen-bond donors (Lipinski definition) is 1. The first-order chi connectivity index (χ1) is 5.38. The molecule has 2 rings (SSSR count). The summed E-state index contributed by atoms with van der Waals surface area (Å²) in [5.41, 5.74) is 6.18. The van der Waals surface area contributed by atoms with Gasteiger partial charge in [0.25, 0.3) is 0 Å². The van der Waals surface area contributed by atoms with E-state index < -0.39 is 0 Å². The summed E-state index contributed by atoms with van der Waals surface area (Å²) in [4.78, 5) is 0. The lowest BCUT2D eigenvalue weighted by Gasteiger charge is -2.34. The lowest BCUT2D eigenvalue weighted by molar-refractivity contribution is 0.209. The van der Waals surface area contributed by atoms with Gasteiger partial charge in [-0.25, -0.2) is 0 Å². The van der Waals surface area contributed by atoms with Gasteiger partial charge in [-0.15, -0.1) is 0 Å². The summed E-state index contributed by atoms with van der Waals surface area (Å²) in [6.45, 7) is 0. The molecule has 1 atom stereocenters. The average Bonchev–Trinajstić information content (AvgIpc) is 2.32. The fourth-order valence-electron chi connectivity index (χ4n) is 2.55. The van der Waals surface area contributed by atoms with Gasteiger partial charge >= 0.3 is 0 Å². The lowest BCUT2D eigenvalue weighted by Crippen LogP contribution is -2.39. The molecule has 0 amide bonds. The highest BCUT2D eigenvalue weighted by molar-refractivity contribution is 4.87. The zero-order chi connectivity index (χ0) is 7.68. The molecule has 0 radical (unpaired) electrons. The van der Waals surface area contributed by atoms with Crippen LogP contribution in [0.5, 0.6) is 0 Å². The predicted octanol–water partition coefficient (Wildman–Crippen LogP) is 2.30. The molecule has 2 aliphatic rings. The summed E-state index contributed by atoms with van der Waals surface area (Å²) in [7, 11) is 0. The summed E-state index contributed by atoms with van der Waals surface area (Å²) < 4.78 is 0. The molecule has 0 aromatic carbocycles. The first-order valence-corrected chi connectivity index (χ1v) is 5.13. The van der Waals surface area contributed by atoms with Gasteiger partial charge in [0.2, 0.25) is 0 Å². The minimum absolute atomic E-state index is 0.561. The van der Waals surface area contributed by atoms with Gasteiger partial charge in [0.1, 0.15) is 0 Å². The van der Waals surface area contributed by atoms with Crippen LogP contribution in [-0.4, -0.2) is 6.04 Å². The van der Waals surface area contributed by atoms with Crippen molar-refractivity contribution in [3.05, 3.63) is 0 Å². The van der Waals surface area contributed by atoms with E-state index in [1.54, 1.807) is 0 Å². The van der Waals surface area contributed by atoms with Crippen molar-refractivity contribution in [2.24, 2.45) is 17.6 Å². The highest BCUT2D eigenvalue weighted by atomic mass is 14.7. The monoisotopic (exact) mass is 153 g/mol. The van der Waals surface area contributed by atoms with Crippen LogP contribution in [0.3, 0.4) is 0 Å². The lowest BCUT2D eigenvalue weighted by atomic mass is 9.75. The van der Waals surface area contributed by atoms with E-state index in [1.165, 1.54) is 44.9 Å². The van der Waals surface area contributed by atoms with E-state index in [4.69, 9.17) is 5.73 Å². The summed E-state index contributed by atoms with van der Waals surface area (Å²) in [6.07, 6.45) is 9.96. The molecule has 1 heteroatoms. The zero-order valence-corrected chi connectivity index (χ0v) is 7.26. The SMILES string of the molecule is N[C@@H](C1CCCC1)C1CCC1. The Balaban J connectivity index is 1.82. The molecule has 2 saturated carbocycles. The van der Waals surface area contributed by atoms with Gasteiger partial charge in [0.15, 0.2) is 0 Å². The van der Waals surface area contributed by atoms with E-state index in [2.05, 4.69) is 0 Å². The van der Waals surface area contributed by atoms with E-state index >= 15 is 0 Å². The van der Waals surface area contributed by atoms with Crippen molar-refractivity contribution in [3.63, 3.8) is 0 Å². The number of nitrogens with two attached hydrogens (primary N) is 1. The maximum absolute atomic E-state index is 6.18. The molecule has 0 aromatic heterocycles. The molecule has 0 unspecified atom stereocenters. The minimum Gasteiger partial charge on any atom is -0.327 e. The van der Waals surface area contributed by atoms with Crippen LogP contribution >= 0.6 is 0 Å². The Labute approximate surface area is 69.4 Å². The normalized spacial score (nSPS) is 30.3. The van der Waals surface area contributed by atoms with Crippen molar-refractivity contribution in [1.29, 1.82) is 0 Å². The van der Waals surface area contributed by atoms with Crippen molar-refractivity contribution >= 4 is 0 Å². The third-order valence-corrected chi connectivity index (χ3v) is 3.64. The van der Waals surface area contributed by atoms with E-state index in [0.29, 0.717) is 6.04 Å². The Bertz CT molecular complexity index is 123. The summed E-state index contributed by atoms with van der Waals surface area (Å²) in [5, 5.41) is 0. The van der Waals surface area contributed by atoms with Crippen LogP contribution in [0.2, 0.25) is 0 Å². The van der Waals surface area contributed by atoms with E-state index in [9.17, 15) is 0 Å². The van der Waals surface area contributed by atoms with E-state index in [1.807, 2.05) is 0 Å². The van der Waals surface area contributed by atoms with Crippen LogP contribution in [-0.2, 0) is 0 Å². The van der Waals surface area contributed by atoms with Gasteiger partial charge in [-0.2, -0.15) is 0 Å². The second-order valence-corrected chi connectivity index (χ2v) is 4.31. The van der Waals surface area contributed by atoms with Crippen LogP contribution in [0.25, 0.3) is 0 Å². The largest absolute Gasteiger partial charge is 0.327 e. The van der Waals surface area contributed by atoms with Crippen LogP contribution in [0.1, 0.15) is 44.9 Å². The molecule has 1 nitrogen and oxygen atoms in total. The topological polar surface area (TPSA) is 26.0 Å². The molecular weight excluding hydrogens is 134 g/mol.